The highest BCUT2D eigenvalue weighted by Gasteiger charge is 2.13. The van der Waals surface area contributed by atoms with E-state index in [-0.39, 0.29) is 0 Å². The van der Waals surface area contributed by atoms with Gasteiger partial charge in [0.05, 0.1) is 0 Å². The van der Waals surface area contributed by atoms with E-state index < -0.39 is 0 Å². The summed E-state index contributed by atoms with van der Waals surface area (Å²) in [6, 6.07) is 2.20. The van der Waals surface area contributed by atoms with Crippen LogP contribution in [0.25, 0.3) is 0 Å². The molecule has 2 nitrogen and oxygen atoms in total. The molecular formula is C13H24N2. The fourth-order valence-electron chi connectivity index (χ4n) is 2.23. The first-order valence-electron chi connectivity index (χ1n) is 6.35. The van der Waals surface area contributed by atoms with E-state index in [9.17, 15) is 0 Å². The molecule has 0 aliphatic rings. The molecule has 15 heavy (non-hydrogen) atoms. The van der Waals surface area contributed by atoms with Crippen LogP contribution < -0.4 is 0 Å². The lowest BCUT2D eigenvalue weighted by molar-refractivity contribution is 0.487. The monoisotopic (exact) mass is 208 g/mol. The summed E-state index contributed by atoms with van der Waals surface area (Å²) in [6.07, 6.45) is 8.24. The van der Waals surface area contributed by atoms with Crippen molar-refractivity contribution in [3.8, 4) is 0 Å². The van der Waals surface area contributed by atoms with E-state index in [0.717, 1.165) is 6.54 Å². The van der Waals surface area contributed by atoms with E-state index in [4.69, 9.17) is 0 Å². The number of hydrogen-bond donors (Lipinski definition) is 0. The maximum atomic E-state index is 4.41. The van der Waals surface area contributed by atoms with Gasteiger partial charge in [-0.1, -0.05) is 33.6 Å². The van der Waals surface area contributed by atoms with Crippen LogP contribution in [0.4, 0.5) is 0 Å². The van der Waals surface area contributed by atoms with Gasteiger partial charge in [0.15, 0.2) is 0 Å². The third kappa shape index (κ3) is 3.37. The summed E-state index contributed by atoms with van der Waals surface area (Å²) in [5.41, 5.74) is 1.44. The van der Waals surface area contributed by atoms with Crippen LogP contribution in [-0.4, -0.2) is 9.78 Å². The van der Waals surface area contributed by atoms with Gasteiger partial charge in [-0.25, -0.2) is 0 Å². The molecule has 0 spiro atoms. The average Bonchev–Trinajstić information content (AvgIpc) is 2.66. The number of hydrogen-bond acceptors (Lipinski definition) is 1. The molecule has 0 fully saturated rings. The molecule has 0 radical (unpaired) electrons. The van der Waals surface area contributed by atoms with E-state index >= 15 is 0 Å². The lowest BCUT2D eigenvalue weighted by Crippen LogP contribution is -2.09. The van der Waals surface area contributed by atoms with E-state index in [1.165, 1.54) is 37.8 Å². The molecule has 0 unspecified atom stereocenters. The van der Waals surface area contributed by atoms with Crippen molar-refractivity contribution in [2.24, 2.45) is 0 Å². The van der Waals surface area contributed by atoms with Crippen LogP contribution in [0.1, 0.15) is 64.5 Å². The average molecular weight is 208 g/mol. The van der Waals surface area contributed by atoms with Crippen molar-refractivity contribution >= 4 is 0 Å². The third-order valence-electron chi connectivity index (χ3n) is 2.88. The summed E-state index contributed by atoms with van der Waals surface area (Å²) >= 11 is 0. The van der Waals surface area contributed by atoms with Gasteiger partial charge in [-0.2, -0.15) is 5.10 Å². The van der Waals surface area contributed by atoms with Crippen LogP contribution in [0.15, 0.2) is 12.3 Å². The van der Waals surface area contributed by atoms with Crippen LogP contribution in [0, 0.1) is 0 Å². The van der Waals surface area contributed by atoms with Crippen LogP contribution in [0.2, 0.25) is 0 Å². The Labute approximate surface area is 93.7 Å². The molecule has 1 rings (SSSR count). The summed E-state index contributed by atoms with van der Waals surface area (Å²) in [4.78, 5) is 0. The fraction of sp³-hybridized carbons (Fsp3) is 0.769. The second kappa shape index (κ2) is 6.65. The third-order valence-corrected chi connectivity index (χ3v) is 2.88. The van der Waals surface area contributed by atoms with Crippen molar-refractivity contribution in [3.63, 3.8) is 0 Å². The quantitative estimate of drug-likeness (QED) is 0.663. The molecule has 0 bridgehead atoms. The first-order chi connectivity index (χ1) is 7.33. The molecule has 0 N–H and O–H groups in total. The molecule has 0 saturated carbocycles. The second-order valence-electron chi connectivity index (χ2n) is 4.25. The maximum Gasteiger partial charge on any atom is 0.0492 e. The van der Waals surface area contributed by atoms with Crippen molar-refractivity contribution in [3.05, 3.63) is 18.0 Å². The number of nitrogens with zero attached hydrogens (tertiary/aromatic N) is 2. The summed E-state index contributed by atoms with van der Waals surface area (Å²) in [5, 5.41) is 4.41. The van der Waals surface area contributed by atoms with Crippen molar-refractivity contribution in [1.29, 1.82) is 0 Å². The van der Waals surface area contributed by atoms with Crippen molar-refractivity contribution in [1.82, 2.24) is 9.78 Å². The van der Waals surface area contributed by atoms with Crippen LogP contribution >= 0.6 is 0 Å². The minimum Gasteiger partial charge on any atom is -0.269 e. The predicted molar refractivity (Wildman–Crippen MR) is 65.1 cm³/mol. The summed E-state index contributed by atoms with van der Waals surface area (Å²) in [7, 11) is 0. The van der Waals surface area contributed by atoms with Gasteiger partial charge in [0, 0.05) is 24.4 Å². The molecular weight excluding hydrogens is 184 g/mol. The summed E-state index contributed by atoms with van der Waals surface area (Å²) < 4.78 is 2.19. The highest BCUT2D eigenvalue weighted by molar-refractivity contribution is 5.07. The first-order valence-corrected chi connectivity index (χ1v) is 6.35. The highest BCUT2D eigenvalue weighted by atomic mass is 15.3. The largest absolute Gasteiger partial charge is 0.269 e. The fourth-order valence-corrected chi connectivity index (χ4v) is 2.23. The molecule has 0 aliphatic carbocycles. The van der Waals surface area contributed by atoms with E-state index in [1.807, 2.05) is 6.20 Å². The Morgan fingerprint density at radius 2 is 1.80 bits per heavy atom. The lowest BCUT2D eigenvalue weighted by atomic mass is 9.95. The van der Waals surface area contributed by atoms with E-state index in [2.05, 4.69) is 36.6 Å². The topological polar surface area (TPSA) is 17.8 Å². The van der Waals surface area contributed by atoms with Gasteiger partial charge in [-0.05, 0) is 25.3 Å². The normalized spacial score (nSPS) is 11.2. The zero-order valence-corrected chi connectivity index (χ0v) is 10.4. The number of aryl methyl sites for hydroxylation is 1. The van der Waals surface area contributed by atoms with Gasteiger partial charge in [-0.3, -0.25) is 4.68 Å². The standard InChI is InChI=1S/C13H24N2/c1-4-7-12(8-5-2)13-9-10-14-15(13)11-6-3/h9-10,12H,4-8,11H2,1-3H3. The molecule has 1 aromatic rings. The number of aromatic nitrogens is 2. The summed E-state index contributed by atoms with van der Waals surface area (Å²) in [6.45, 7) is 7.80. The Bertz CT molecular complexity index is 259. The van der Waals surface area contributed by atoms with Crippen LogP contribution in [0.5, 0.6) is 0 Å². The van der Waals surface area contributed by atoms with Crippen molar-refractivity contribution in [2.75, 3.05) is 0 Å². The smallest absolute Gasteiger partial charge is 0.0492 e. The lowest BCUT2D eigenvalue weighted by Gasteiger charge is -2.17. The van der Waals surface area contributed by atoms with Gasteiger partial charge in [-0.15, -0.1) is 0 Å². The van der Waals surface area contributed by atoms with Crippen LogP contribution in [-0.2, 0) is 6.54 Å². The van der Waals surface area contributed by atoms with E-state index in [0.29, 0.717) is 5.92 Å². The maximum absolute atomic E-state index is 4.41. The molecule has 1 heterocycles. The first kappa shape index (κ1) is 12.3. The Hall–Kier alpha value is -0.790. The van der Waals surface area contributed by atoms with Crippen LogP contribution in [0.3, 0.4) is 0 Å². The SMILES string of the molecule is CCCC(CCC)c1ccnn1CCC. The zero-order chi connectivity index (χ0) is 11.1. The Morgan fingerprint density at radius 3 is 2.33 bits per heavy atom. The highest BCUT2D eigenvalue weighted by Crippen LogP contribution is 2.26. The predicted octanol–water partition coefficient (Wildman–Crippen LogP) is 3.98. The van der Waals surface area contributed by atoms with Gasteiger partial charge < -0.3 is 0 Å². The summed E-state index contributed by atoms with van der Waals surface area (Å²) in [5.74, 6) is 0.717. The molecule has 0 aliphatic heterocycles. The minimum atomic E-state index is 0.717. The van der Waals surface area contributed by atoms with Gasteiger partial charge >= 0.3 is 0 Å². The van der Waals surface area contributed by atoms with E-state index in [1.54, 1.807) is 0 Å². The molecule has 1 aromatic heterocycles. The molecule has 2 heteroatoms. The van der Waals surface area contributed by atoms with Gasteiger partial charge in [0.2, 0.25) is 0 Å². The molecule has 0 atom stereocenters. The second-order valence-corrected chi connectivity index (χ2v) is 4.25. The number of rotatable bonds is 7. The van der Waals surface area contributed by atoms with Gasteiger partial charge in [0.1, 0.15) is 0 Å². The molecule has 0 aromatic carbocycles. The van der Waals surface area contributed by atoms with Gasteiger partial charge in [0.25, 0.3) is 0 Å². The Kier molecular flexibility index (Phi) is 5.44. The van der Waals surface area contributed by atoms with Crippen molar-refractivity contribution < 1.29 is 0 Å². The Morgan fingerprint density at radius 1 is 1.13 bits per heavy atom. The Balaban J connectivity index is 2.74. The zero-order valence-electron chi connectivity index (χ0n) is 10.4. The molecule has 86 valence electrons. The molecule has 0 saturated heterocycles. The minimum absolute atomic E-state index is 0.717. The van der Waals surface area contributed by atoms with Crippen molar-refractivity contribution in [2.45, 2.75) is 65.3 Å². The molecule has 0 amide bonds.